The molecule has 1 atom stereocenters. The highest BCUT2D eigenvalue weighted by atomic mass is 16.5. The van der Waals surface area contributed by atoms with Gasteiger partial charge in [0.15, 0.2) is 0 Å². The normalized spacial score (nSPS) is 36.6. The number of hydrogen-bond donors (Lipinski definition) is 3. The fourth-order valence-corrected chi connectivity index (χ4v) is 2.22. The van der Waals surface area contributed by atoms with Crippen LogP contribution in [0.4, 0.5) is 4.79 Å². The molecule has 0 spiro atoms. The van der Waals surface area contributed by atoms with E-state index >= 15 is 0 Å². The molecule has 1 saturated carbocycles. The maximum atomic E-state index is 11.6. The van der Waals surface area contributed by atoms with Crippen LogP contribution in [0.15, 0.2) is 0 Å². The third-order valence-electron chi connectivity index (χ3n) is 3.47. The fraction of sp³-hybridized carbons (Fsp3) is 0.909. The number of carbonyl (C=O) groups excluding carboxylic acids is 1. The Morgan fingerprint density at radius 3 is 2.56 bits per heavy atom. The van der Waals surface area contributed by atoms with Crippen molar-refractivity contribution in [2.45, 2.75) is 56.9 Å². The van der Waals surface area contributed by atoms with Gasteiger partial charge in [0.2, 0.25) is 0 Å². The van der Waals surface area contributed by atoms with Gasteiger partial charge in [-0.1, -0.05) is 0 Å². The number of rotatable bonds is 2. The van der Waals surface area contributed by atoms with E-state index in [1.165, 1.54) is 0 Å². The van der Waals surface area contributed by atoms with Crippen LogP contribution in [0.5, 0.6) is 0 Å². The van der Waals surface area contributed by atoms with Crippen molar-refractivity contribution in [1.29, 1.82) is 0 Å². The Morgan fingerprint density at radius 1 is 1.38 bits per heavy atom. The fourth-order valence-electron chi connectivity index (χ4n) is 2.22. The zero-order valence-corrected chi connectivity index (χ0v) is 9.82. The van der Waals surface area contributed by atoms with Crippen LogP contribution in [0.2, 0.25) is 0 Å². The molecule has 2 amide bonds. The Labute approximate surface area is 95.5 Å². The maximum absolute atomic E-state index is 11.6. The SMILES string of the molecule is CC1(C)OCCC1NC(=O)NC1CC(O)C1. The van der Waals surface area contributed by atoms with Crippen molar-refractivity contribution in [3.05, 3.63) is 0 Å². The summed E-state index contributed by atoms with van der Waals surface area (Å²) in [4.78, 5) is 11.6. The number of aliphatic hydroxyl groups excluding tert-OH is 1. The predicted molar refractivity (Wildman–Crippen MR) is 59.1 cm³/mol. The van der Waals surface area contributed by atoms with Crippen LogP contribution in [0, 0.1) is 0 Å². The summed E-state index contributed by atoms with van der Waals surface area (Å²) in [6.07, 6.45) is 1.94. The smallest absolute Gasteiger partial charge is 0.315 e. The van der Waals surface area contributed by atoms with E-state index in [1.807, 2.05) is 13.8 Å². The van der Waals surface area contributed by atoms with E-state index in [-0.39, 0.29) is 29.8 Å². The van der Waals surface area contributed by atoms with Gasteiger partial charge in [0, 0.05) is 12.6 Å². The first-order valence-electron chi connectivity index (χ1n) is 5.86. The summed E-state index contributed by atoms with van der Waals surface area (Å²) in [7, 11) is 0. The maximum Gasteiger partial charge on any atom is 0.315 e. The van der Waals surface area contributed by atoms with Gasteiger partial charge in [0.05, 0.1) is 17.7 Å². The summed E-state index contributed by atoms with van der Waals surface area (Å²) in [5.41, 5.74) is -0.281. The molecule has 1 saturated heterocycles. The number of urea groups is 1. The lowest BCUT2D eigenvalue weighted by Crippen LogP contribution is -2.55. The highest BCUT2D eigenvalue weighted by Crippen LogP contribution is 2.25. The van der Waals surface area contributed by atoms with Crippen molar-refractivity contribution >= 4 is 6.03 Å². The Balaban J connectivity index is 1.75. The molecule has 2 aliphatic rings. The quantitative estimate of drug-likeness (QED) is 0.639. The molecule has 0 aromatic carbocycles. The average molecular weight is 228 g/mol. The summed E-state index contributed by atoms with van der Waals surface area (Å²) < 4.78 is 5.53. The minimum Gasteiger partial charge on any atom is -0.393 e. The number of hydrogen-bond acceptors (Lipinski definition) is 3. The lowest BCUT2D eigenvalue weighted by Gasteiger charge is -2.33. The van der Waals surface area contributed by atoms with Crippen LogP contribution in [0.25, 0.3) is 0 Å². The zero-order chi connectivity index (χ0) is 11.8. The molecule has 0 aromatic rings. The van der Waals surface area contributed by atoms with Gasteiger partial charge in [-0.25, -0.2) is 4.79 Å². The molecule has 1 aliphatic carbocycles. The number of aliphatic hydroxyl groups is 1. The molecular formula is C11H20N2O3. The van der Waals surface area contributed by atoms with E-state index in [0.29, 0.717) is 19.4 Å². The second-order valence-electron chi connectivity index (χ2n) is 5.23. The molecule has 0 aromatic heterocycles. The van der Waals surface area contributed by atoms with E-state index in [0.717, 1.165) is 6.42 Å². The summed E-state index contributed by atoms with van der Waals surface area (Å²) in [6.45, 7) is 4.66. The van der Waals surface area contributed by atoms with Gasteiger partial charge in [-0.2, -0.15) is 0 Å². The van der Waals surface area contributed by atoms with Crippen molar-refractivity contribution in [2.24, 2.45) is 0 Å². The van der Waals surface area contributed by atoms with Crippen LogP contribution < -0.4 is 10.6 Å². The van der Waals surface area contributed by atoms with Gasteiger partial charge in [-0.15, -0.1) is 0 Å². The molecule has 2 fully saturated rings. The Morgan fingerprint density at radius 2 is 2.06 bits per heavy atom. The van der Waals surface area contributed by atoms with Crippen molar-refractivity contribution in [3.8, 4) is 0 Å². The third kappa shape index (κ3) is 2.47. The largest absolute Gasteiger partial charge is 0.393 e. The van der Waals surface area contributed by atoms with Gasteiger partial charge < -0.3 is 20.5 Å². The monoisotopic (exact) mass is 228 g/mol. The molecular weight excluding hydrogens is 208 g/mol. The van der Waals surface area contributed by atoms with Crippen LogP contribution in [-0.2, 0) is 4.74 Å². The minimum absolute atomic E-state index is 0.0671. The van der Waals surface area contributed by atoms with Crippen molar-refractivity contribution < 1.29 is 14.6 Å². The Kier molecular flexibility index (Phi) is 3.08. The molecule has 0 bridgehead atoms. The van der Waals surface area contributed by atoms with Crippen molar-refractivity contribution in [2.75, 3.05) is 6.61 Å². The second kappa shape index (κ2) is 4.22. The third-order valence-corrected chi connectivity index (χ3v) is 3.47. The molecule has 1 aliphatic heterocycles. The molecule has 0 radical (unpaired) electrons. The molecule has 5 nitrogen and oxygen atoms in total. The number of ether oxygens (including phenoxy) is 1. The Bertz CT molecular complexity index is 274. The summed E-state index contributed by atoms with van der Waals surface area (Å²) in [6, 6.07) is 0.0402. The Hall–Kier alpha value is -0.810. The molecule has 2 rings (SSSR count). The highest BCUT2D eigenvalue weighted by Gasteiger charge is 2.37. The first kappa shape index (κ1) is 11.7. The molecule has 16 heavy (non-hydrogen) atoms. The summed E-state index contributed by atoms with van der Waals surface area (Å²) in [5.74, 6) is 0. The van der Waals surface area contributed by atoms with E-state index in [2.05, 4.69) is 10.6 Å². The number of amides is 2. The van der Waals surface area contributed by atoms with Gasteiger partial charge >= 0.3 is 6.03 Å². The second-order valence-corrected chi connectivity index (χ2v) is 5.23. The number of nitrogens with one attached hydrogen (secondary N) is 2. The minimum atomic E-state index is -0.281. The standard InChI is InChI=1S/C11H20N2O3/c1-11(2)9(3-4-16-11)13-10(15)12-7-5-8(14)6-7/h7-9,14H,3-6H2,1-2H3,(H2,12,13,15). The van der Waals surface area contributed by atoms with Crippen LogP contribution in [0.1, 0.15) is 33.1 Å². The van der Waals surface area contributed by atoms with Crippen LogP contribution in [0.3, 0.4) is 0 Å². The van der Waals surface area contributed by atoms with E-state index in [1.54, 1.807) is 0 Å². The molecule has 3 N–H and O–H groups in total. The molecule has 92 valence electrons. The van der Waals surface area contributed by atoms with E-state index in [4.69, 9.17) is 9.84 Å². The first-order chi connectivity index (χ1) is 7.47. The van der Waals surface area contributed by atoms with Crippen molar-refractivity contribution in [1.82, 2.24) is 10.6 Å². The lowest BCUT2D eigenvalue weighted by atomic mass is 9.90. The number of carbonyl (C=O) groups is 1. The van der Waals surface area contributed by atoms with E-state index < -0.39 is 0 Å². The summed E-state index contributed by atoms with van der Waals surface area (Å²) >= 11 is 0. The average Bonchev–Trinajstić information content (AvgIpc) is 2.43. The molecule has 1 unspecified atom stereocenters. The topological polar surface area (TPSA) is 70.6 Å². The molecule has 5 heteroatoms. The molecule has 1 heterocycles. The van der Waals surface area contributed by atoms with Crippen LogP contribution >= 0.6 is 0 Å². The first-order valence-corrected chi connectivity index (χ1v) is 5.86. The predicted octanol–water partition coefficient (Wildman–Crippen LogP) is 0.376. The van der Waals surface area contributed by atoms with E-state index in [9.17, 15) is 4.79 Å². The van der Waals surface area contributed by atoms with Crippen LogP contribution in [-0.4, -0.2) is 41.5 Å². The highest BCUT2D eigenvalue weighted by molar-refractivity contribution is 5.74. The van der Waals surface area contributed by atoms with Gasteiger partial charge in [-0.3, -0.25) is 0 Å². The lowest BCUT2D eigenvalue weighted by molar-refractivity contribution is 0.0228. The van der Waals surface area contributed by atoms with Gasteiger partial charge in [-0.05, 0) is 33.1 Å². The van der Waals surface area contributed by atoms with Gasteiger partial charge in [0.25, 0.3) is 0 Å². The zero-order valence-electron chi connectivity index (χ0n) is 9.82. The summed E-state index contributed by atoms with van der Waals surface area (Å²) in [5, 5.41) is 14.9. The van der Waals surface area contributed by atoms with Gasteiger partial charge in [0.1, 0.15) is 0 Å². The van der Waals surface area contributed by atoms with Crippen molar-refractivity contribution in [3.63, 3.8) is 0 Å².